The Kier molecular flexibility index (Phi) is 5.95. The molecule has 3 aromatic rings. The number of amides is 1. The van der Waals surface area contributed by atoms with Crippen LogP contribution < -0.4 is 4.90 Å². The first kappa shape index (κ1) is 22.5. The third-order valence-corrected chi connectivity index (χ3v) is 5.86. The van der Waals surface area contributed by atoms with Crippen molar-refractivity contribution in [3.63, 3.8) is 0 Å². The van der Waals surface area contributed by atoms with E-state index in [1.165, 1.54) is 30.0 Å². The van der Waals surface area contributed by atoms with Gasteiger partial charge in [-0.05, 0) is 41.3 Å². The number of nitrogens with zero attached hydrogens (tertiary/aromatic N) is 3. The van der Waals surface area contributed by atoms with E-state index < -0.39 is 11.8 Å². The highest BCUT2D eigenvalue weighted by molar-refractivity contribution is 7.14. The van der Waals surface area contributed by atoms with Crippen LogP contribution in [-0.2, 0) is 19.7 Å². The van der Waals surface area contributed by atoms with Crippen LogP contribution in [0.5, 0.6) is 0 Å². The molecule has 0 unspecified atom stereocenters. The molecule has 0 radical (unpaired) electrons. The number of rotatable bonds is 4. The van der Waals surface area contributed by atoms with Crippen LogP contribution >= 0.6 is 11.3 Å². The minimum absolute atomic E-state index is 0.0104. The van der Waals surface area contributed by atoms with Crippen LogP contribution in [-0.4, -0.2) is 22.8 Å². The van der Waals surface area contributed by atoms with Gasteiger partial charge in [0.25, 0.3) is 0 Å². The number of para-hydroxylation sites is 1. The Bertz CT molecular complexity index is 1290. The third-order valence-electron chi connectivity index (χ3n) is 5.01. The number of hydrogen-bond donors (Lipinski definition) is 0. The Balaban J connectivity index is 1.61. The summed E-state index contributed by atoms with van der Waals surface area (Å²) < 4.78 is 19.6. The van der Waals surface area contributed by atoms with Crippen molar-refractivity contribution < 1.29 is 18.7 Å². The lowest BCUT2D eigenvalue weighted by atomic mass is 9.87. The quantitative estimate of drug-likeness (QED) is 0.373. The van der Waals surface area contributed by atoms with Gasteiger partial charge in [-0.2, -0.15) is 0 Å². The lowest BCUT2D eigenvalue weighted by Crippen LogP contribution is -2.23. The number of ether oxygens (including phenoxy) is 1. The summed E-state index contributed by atoms with van der Waals surface area (Å²) in [5, 5.41) is 1.95. The van der Waals surface area contributed by atoms with E-state index in [0.717, 1.165) is 16.9 Å². The fourth-order valence-corrected chi connectivity index (χ4v) is 4.11. The van der Waals surface area contributed by atoms with E-state index in [1.54, 1.807) is 17.5 Å². The van der Waals surface area contributed by atoms with Crippen LogP contribution in [0.2, 0.25) is 0 Å². The van der Waals surface area contributed by atoms with Crippen molar-refractivity contribution in [2.45, 2.75) is 33.1 Å². The van der Waals surface area contributed by atoms with Crippen molar-refractivity contribution in [1.82, 2.24) is 4.98 Å². The predicted octanol–water partition coefficient (Wildman–Crippen LogP) is 5.61. The molecule has 1 aromatic heterocycles. The summed E-state index contributed by atoms with van der Waals surface area (Å²) in [6.45, 7) is 7.70. The molecule has 168 valence electrons. The molecule has 0 spiro atoms. The van der Waals surface area contributed by atoms with Crippen molar-refractivity contribution in [3.05, 3.63) is 82.2 Å². The third kappa shape index (κ3) is 4.75. The van der Waals surface area contributed by atoms with Crippen LogP contribution in [0.3, 0.4) is 0 Å². The summed E-state index contributed by atoms with van der Waals surface area (Å²) in [7, 11) is 0. The number of esters is 1. The molecule has 1 aliphatic heterocycles. The maximum atomic E-state index is 14.3. The van der Waals surface area contributed by atoms with Crippen molar-refractivity contribution >= 4 is 46.0 Å². The number of benzene rings is 2. The van der Waals surface area contributed by atoms with E-state index >= 15 is 0 Å². The van der Waals surface area contributed by atoms with E-state index in [1.807, 2.05) is 24.3 Å². The standard InChI is InChI=1S/C25H22FN3O3S/c1-15(30)29(21-8-6-5-7-19(21)26)24-27-18(14-33-24)13-20-23(31)32-22(28-20)16-9-11-17(12-10-16)25(2,3)4/h5-14H,1-4H3/b20-13-. The van der Waals surface area contributed by atoms with E-state index in [2.05, 4.69) is 30.7 Å². The number of carbonyl (C=O) groups is 2. The molecule has 0 atom stereocenters. The smallest absolute Gasteiger partial charge is 0.363 e. The fourth-order valence-electron chi connectivity index (χ4n) is 3.27. The first-order chi connectivity index (χ1) is 15.6. The number of carbonyl (C=O) groups excluding carboxylic acids is 2. The highest BCUT2D eigenvalue weighted by Gasteiger charge is 2.26. The van der Waals surface area contributed by atoms with Gasteiger partial charge >= 0.3 is 5.97 Å². The Morgan fingerprint density at radius 3 is 2.45 bits per heavy atom. The minimum Gasteiger partial charge on any atom is -0.402 e. The number of hydrogen-bond acceptors (Lipinski definition) is 6. The summed E-state index contributed by atoms with van der Waals surface area (Å²) in [6.07, 6.45) is 1.48. The van der Waals surface area contributed by atoms with Crippen LogP contribution in [0.15, 0.2) is 64.6 Å². The zero-order valence-electron chi connectivity index (χ0n) is 18.6. The first-order valence-electron chi connectivity index (χ1n) is 10.3. The van der Waals surface area contributed by atoms with E-state index in [-0.39, 0.29) is 33.7 Å². The maximum absolute atomic E-state index is 14.3. The van der Waals surface area contributed by atoms with Crippen molar-refractivity contribution in [2.75, 3.05) is 4.90 Å². The lowest BCUT2D eigenvalue weighted by molar-refractivity contribution is -0.130. The molecular formula is C25H22FN3O3S. The molecule has 1 amide bonds. The largest absolute Gasteiger partial charge is 0.402 e. The van der Waals surface area contributed by atoms with Gasteiger partial charge in [0, 0.05) is 17.9 Å². The van der Waals surface area contributed by atoms with Gasteiger partial charge < -0.3 is 4.74 Å². The Morgan fingerprint density at radius 1 is 1.12 bits per heavy atom. The summed E-state index contributed by atoms with van der Waals surface area (Å²) in [4.78, 5) is 34.5. The first-order valence-corrected chi connectivity index (χ1v) is 11.2. The summed E-state index contributed by atoms with van der Waals surface area (Å²) >= 11 is 1.16. The highest BCUT2D eigenvalue weighted by atomic mass is 32.1. The number of aliphatic imine (C=N–C) groups is 1. The summed E-state index contributed by atoms with van der Waals surface area (Å²) in [5.74, 6) is -1.28. The molecule has 4 rings (SSSR count). The number of cyclic esters (lactones) is 1. The summed E-state index contributed by atoms with van der Waals surface area (Å²) in [6, 6.07) is 13.7. The van der Waals surface area contributed by atoms with Crippen molar-refractivity contribution in [2.24, 2.45) is 4.99 Å². The number of aromatic nitrogens is 1. The summed E-state index contributed by atoms with van der Waals surface area (Å²) in [5.41, 5.74) is 2.49. The minimum atomic E-state index is -0.586. The van der Waals surface area contributed by atoms with Crippen molar-refractivity contribution in [3.8, 4) is 0 Å². The number of halogens is 1. The molecule has 33 heavy (non-hydrogen) atoms. The average Bonchev–Trinajstić information content (AvgIpc) is 3.36. The van der Waals surface area contributed by atoms with Gasteiger partial charge in [0.05, 0.1) is 11.4 Å². The average molecular weight is 464 g/mol. The van der Waals surface area contributed by atoms with Crippen LogP contribution in [0.4, 0.5) is 15.2 Å². The Labute approximate surface area is 195 Å². The normalized spacial score (nSPS) is 14.9. The molecule has 0 N–H and O–H groups in total. The molecule has 8 heteroatoms. The van der Waals surface area contributed by atoms with E-state index in [4.69, 9.17) is 4.74 Å². The molecule has 0 saturated carbocycles. The molecule has 2 heterocycles. The zero-order valence-corrected chi connectivity index (χ0v) is 19.4. The van der Waals surface area contributed by atoms with Crippen LogP contribution in [0.1, 0.15) is 44.5 Å². The second-order valence-electron chi connectivity index (χ2n) is 8.52. The van der Waals surface area contributed by atoms with Gasteiger partial charge in [0.1, 0.15) is 5.82 Å². The van der Waals surface area contributed by atoms with Gasteiger partial charge in [-0.15, -0.1) is 11.3 Å². The molecule has 0 bridgehead atoms. The number of anilines is 2. The van der Waals surface area contributed by atoms with Gasteiger partial charge in [-0.3, -0.25) is 9.69 Å². The lowest BCUT2D eigenvalue weighted by Gasteiger charge is -2.18. The highest BCUT2D eigenvalue weighted by Crippen LogP contribution is 2.32. The van der Waals surface area contributed by atoms with Crippen molar-refractivity contribution in [1.29, 1.82) is 0 Å². The van der Waals surface area contributed by atoms with Gasteiger partial charge in [-0.25, -0.2) is 19.2 Å². The Hall–Kier alpha value is -3.65. The van der Waals surface area contributed by atoms with Crippen LogP contribution in [0, 0.1) is 5.82 Å². The molecule has 0 aliphatic carbocycles. The predicted molar refractivity (Wildman–Crippen MR) is 127 cm³/mol. The van der Waals surface area contributed by atoms with Gasteiger partial charge in [0.2, 0.25) is 11.8 Å². The van der Waals surface area contributed by atoms with Gasteiger partial charge in [-0.1, -0.05) is 45.0 Å². The zero-order chi connectivity index (χ0) is 23.8. The maximum Gasteiger partial charge on any atom is 0.363 e. The topological polar surface area (TPSA) is 71.9 Å². The second kappa shape index (κ2) is 8.71. The second-order valence-corrected chi connectivity index (χ2v) is 9.36. The molecule has 6 nitrogen and oxygen atoms in total. The molecule has 2 aromatic carbocycles. The van der Waals surface area contributed by atoms with E-state index in [0.29, 0.717) is 11.3 Å². The SMILES string of the molecule is CC(=O)N(c1nc(/C=C2\N=C(c3ccc(C(C)(C)C)cc3)OC2=O)cs1)c1ccccc1F. The molecule has 1 aliphatic rings. The van der Waals surface area contributed by atoms with Gasteiger partial charge in [0.15, 0.2) is 10.8 Å². The number of thiazole rings is 1. The fraction of sp³-hybridized carbons (Fsp3) is 0.200. The van der Waals surface area contributed by atoms with Crippen LogP contribution in [0.25, 0.3) is 6.08 Å². The molecule has 0 fully saturated rings. The monoisotopic (exact) mass is 463 g/mol. The Morgan fingerprint density at radius 2 is 1.82 bits per heavy atom. The molecular weight excluding hydrogens is 441 g/mol. The van der Waals surface area contributed by atoms with E-state index in [9.17, 15) is 14.0 Å². The molecule has 0 saturated heterocycles.